The normalized spacial score (nSPS) is 9.89. The van der Waals surface area contributed by atoms with Crippen molar-refractivity contribution in [2.75, 3.05) is 17.7 Å². The molecule has 2 aromatic heterocycles. The lowest BCUT2D eigenvalue weighted by Gasteiger charge is -2.07. The van der Waals surface area contributed by atoms with Crippen LogP contribution in [0, 0.1) is 6.92 Å². The summed E-state index contributed by atoms with van der Waals surface area (Å²) >= 11 is 0. The molecule has 0 aromatic carbocycles. The number of carbonyl (C=O) groups is 1. The Hall–Kier alpha value is -2.43. The van der Waals surface area contributed by atoms with Gasteiger partial charge < -0.3 is 10.6 Å². The number of aryl methyl sites for hydroxylation is 1. The van der Waals surface area contributed by atoms with Crippen LogP contribution in [0.5, 0.6) is 0 Å². The highest BCUT2D eigenvalue weighted by molar-refractivity contribution is 6.04. The van der Waals surface area contributed by atoms with Gasteiger partial charge in [-0.05, 0) is 30.7 Å². The predicted octanol–water partition coefficient (Wildman–Crippen LogP) is 2.08. The van der Waals surface area contributed by atoms with E-state index in [4.69, 9.17) is 0 Å². The number of hydrogen-bond acceptors (Lipinski definition) is 4. The maximum Gasteiger partial charge on any atom is 0.257 e. The molecule has 0 unspecified atom stereocenters. The molecule has 92 valence electrons. The standard InChI is InChI=1S/C13H14N4O/c1-9-5-6-15-8-11(9)17-13(18)10-3-4-12(14-2)16-7-10/h3-8H,1-2H3,(H,14,16)(H,17,18). The Morgan fingerprint density at radius 3 is 2.67 bits per heavy atom. The predicted molar refractivity (Wildman–Crippen MR) is 70.7 cm³/mol. The minimum atomic E-state index is -0.193. The fraction of sp³-hybridized carbons (Fsp3) is 0.154. The molecule has 0 radical (unpaired) electrons. The van der Waals surface area contributed by atoms with Gasteiger partial charge >= 0.3 is 0 Å². The number of carbonyl (C=O) groups excluding carboxylic acids is 1. The van der Waals surface area contributed by atoms with Crippen LogP contribution in [0.4, 0.5) is 11.5 Å². The topological polar surface area (TPSA) is 66.9 Å². The third kappa shape index (κ3) is 2.63. The van der Waals surface area contributed by atoms with Gasteiger partial charge in [0.2, 0.25) is 0 Å². The van der Waals surface area contributed by atoms with E-state index < -0.39 is 0 Å². The molecule has 0 aliphatic rings. The van der Waals surface area contributed by atoms with Crippen molar-refractivity contribution >= 4 is 17.4 Å². The molecule has 0 atom stereocenters. The van der Waals surface area contributed by atoms with Crippen LogP contribution in [-0.2, 0) is 0 Å². The van der Waals surface area contributed by atoms with Gasteiger partial charge in [-0.1, -0.05) is 0 Å². The Labute approximate surface area is 105 Å². The molecule has 0 aliphatic heterocycles. The van der Waals surface area contributed by atoms with Crippen molar-refractivity contribution in [3.63, 3.8) is 0 Å². The van der Waals surface area contributed by atoms with E-state index in [1.54, 1.807) is 31.6 Å². The zero-order valence-corrected chi connectivity index (χ0v) is 10.3. The van der Waals surface area contributed by atoms with Gasteiger partial charge in [-0.3, -0.25) is 9.78 Å². The van der Waals surface area contributed by atoms with Crippen LogP contribution in [0.15, 0.2) is 36.8 Å². The van der Waals surface area contributed by atoms with Crippen LogP contribution in [0.3, 0.4) is 0 Å². The number of aromatic nitrogens is 2. The number of hydrogen-bond donors (Lipinski definition) is 2. The van der Waals surface area contributed by atoms with Crippen LogP contribution in [0.1, 0.15) is 15.9 Å². The lowest BCUT2D eigenvalue weighted by atomic mass is 10.2. The van der Waals surface area contributed by atoms with Crippen molar-refractivity contribution in [1.29, 1.82) is 0 Å². The summed E-state index contributed by atoms with van der Waals surface area (Å²) in [6.45, 7) is 1.92. The van der Waals surface area contributed by atoms with Crippen LogP contribution >= 0.6 is 0 Å². The molecule has 0 fully saturated rings. The highest BCUT2D eigenvalue weighted by atomic mass is 16.1. The maximum atomic E-state index is 12.0. The summed E-state index contributed by atoms with van der Waals surface area (Å²) < 4.78 is 0. The molecule has 0 bridgehead atoms. The van der Waals surface area contributed by atoms with Gasteiger partial charge in [-0.15, -0.1) is 0 Å². The minimum absolute atomic E-state index is 0.193. The first kappa shape index (κ1) is 12.0. The van der Waals surface area contributed by atoms with E-state index in [0.29, 0.717) is 11.3 Å². The van der Waals surface area contributed by atoms with Gasteiger partial charge in [0.05, 0.1) is 17.4 Å². The van der Waals surface area contributed by atoms with Crippen molar-refractivity contribution in [1.82, 2.24) is 9.97 Å². The van der Waals surface area contributed by atoms with E-state index in [1.165, 1.54) is 6.20 Å². The maximum absolute atomic E-state index is 12.0. The van der Waals surface area contributed by atoms with Gasteiger partial charge in [0, 0.05) is 19.4 Å². The van der Waals surface area contributed by atoms with Gasteiger partial charge in [-0.25, -0.2) is 4.98 Å². The zero-order chi connectivity index (χ0) is 13.0. The molecule has 2 N–H and O–H groups in total. The smallest absolute Gasteiger partial charge is 0.257 e. The lowest BCUT2D eigenvalue weighted by molar-refractivity contribution is 0.102. The Bertz CT molecular complexity index is 551. The monoisotopic (exact) mass is 242 g/mol. The molecule has 2 heterocycles. The van der Waals surface area contributed by atoms with Crippen LogP contribution in [0.2, 0.25) is 0 Å². The Morgan fingerprint density at radius 2 is 2.06 bits per heavy atom. The molecule has 1 amide bonds. The van der Waals surface area contributed by atoms with E-state index in [1.807, 2.05) is 13.0 Å². The second kappa shape index (κ2) is 5.27. The van der Waals surface area contributed by atoms with Gasteiger partial charge in [-0.2, -0.15) is 0 Å². The zero-order valence-electron chi connectivity index (χ0n) is 10.3. The first-order valence-corrected chi connectivity index (χ1v) is 5.56. The fourth-order valence-electron chi connectivity index (χ4n) is 1.47. The van der Waals surface area contributed by atoms with Crippen molar-refractivity contribution in [3.05, 3.63) is 47.9 Å². The first-order valence-electron chi connectivity index (χ1n) is 5.56. The van der Waals surface area contributed by atoms with E-state index >= 15 is 0 Å². The molecule has 5 nitrogen and oxygen atoms in total. The van der Waals surface area contributed by atoms with Gasteiger partial charge in [0.15, 0.2) is 0 Å². The average Bonchev–Trinajstić information content (AvgIpc) is 2.41. The van der Waals surface area contributed by atoms with Crippen LogP contribution < -0.4 is 10.6 Å². The second-order valence-electron chi connectivity index (χ2n) is 3.83. The molecule has 5 heteroatoms. The number of rotatable bonds is 3. The van der Waals surface area contributed by atoms with E-state index in [2.05, 4.69) is 20.6 Å². The number of anilines is 2. The summed E-state index contributed by atoms with van der Waals surface area (Å²) in [6, 6.07) is 5.32. The van der Waals surface area contributed by atoms with Crippen LogP contribution in [-0.4, -0.2) is 22.9 Å². The van der Waals surface area contributed by atoms with Crippen molar-refractivity contribution in [2.24, 2.45) is 0 Å². The molecule has 0 saturated carbocycles. The van der Waals surface area contributed by atoms with Crippen molar-refractivity contribution in [3.8, 4) is 0 Å². The fourth-order valence-corrected chi connectivity index (χ4v) is 1.47. The van der Waals surface area contributed by atoms with Gasteiger partial charge in [0.1, 0.15) is 5.82 Å². The number of nitrogens with zero attached hydrogens (tertiary/aromatic N) is 2. The summed E-state index contributed by atoms with van der Waals surface area (Å²) in [7, 11) is 1.78. The van der Waals surface area contributed by atoms with E-state index in [-0.39, 0.29) is 5.91 Å². The van der Waals surface area contributed by atoms with E-state index in [9.17, 15) is 4.79 Å². The molecule has 0 saturated heterocycles. The largest absolute Gasteiger partial charge is 0.373 e. The number of amides is 1. The first-order chi connectivity index (χ1) is 8.70. The average molecular weight is 242 g/mol. The van der Waals surface area contributed by atoms with Crippen molar-refractivity contribution in [2.45, 2.75) is 6.92 Å². The highest BCUT2D eigenvalue weighted by Crippen LogP contribution is 2.13. The Kier molecular flexibility index (Phi) is 3.52. The SMILES string of the molecule is CNc1ccc(C(=O)Nc2cnccc2C)cn1. The lowest BCUT2D eigenvalue weighted by Crippen LogP contribution is -2.13. The Morgan fingerprint density at radius 1 is 1.22 bits per heavy atom. The number of nitrogens with one attached hydrogen (secondary N) is 2. The summed E-state index contributed by atoms with van der Waals surface area (Å²) in [5.41, 5.74) is 2.19. The minimum Gasteiger partial charge on any atom is -0.373 e. The summed E-state index contributed by atoms with van der Waals surface area (Å²) in [6.07, 6.45) is 4.85. The summed E-state index contributed by atoms with van der Waals surface area (Å²) in [5, 5.41) is 5.70. The Balaban J connectivity index is 2.14. The third-order valence-corrected chi connectivity index (χ3v) is 2.57. The summed E-state index contributed by atoms with van der Waals surface area (Å²) in [4.78, 5) is 20.0. The summed E-state index contributed by atoms with van der Waals surface area (Å²) in [5.74, 6) is 0.533. The highest BCUT2D eigenvalue weighted by Gasteiger charge is 2.07. The van der Waals surface area contributed by atoms with E-state index in [0.717, 1.165) is 11.4 Å². The molecular weight excluding hydrogens is 228 g/mol. The molecule has 2 aromatic rings. The quantitative estimate of drug-likeness (QED) is 0.864. The van der Waals surface area contributed by atoms with Crippen LogP contribution in [0.25, 0.3) is 0 Å². The molecule has 18 heavy (non-hydrogen) atoms. The molecule has 2 rings (SSSR count). The molecule has 0 spiro atoms. The second-order valence-corrected chi connectivity index (χ2v) is 3.83. The molecule has 0 aliphatic carbocycles. The molecular formula is C13H14N4O. The third-order valence-electron chi connectivity index (χ3n) is 2.57. The van der Waals surface area contributed by atoms with Gasteiger partial charge in [0.25, 0.3) is 5.91 Å². The van der Waals surface area contributed by atoms with Crippen molar-refractivity contribution < 1.29 is 4.79 Å². The number of pyridine rings is 2.